The number of aliphatic hydroxyl groups is 1. The number of amides is 1. The van der Waals surface area contributed by atoms with E-state index in [9.17, 15) is 19.5 Å². The maximum atomic E-state index is 14.2. The summed E-state index contributed by atoms with van der Waals surface area (Å²) in [6.45, 7) is 13.0. The Labute approximate surface area is 221 Å². The summed E-state index contributed by atoms with van der Waals surface area (Å²) in [6, 6.07) is 0. The second-order valence-electron chi connectivity index (χ2n) is 13.8. The number of carbonyl (C=O) groups is 3. The summed E-state index contributed by atoms with van der Waals surface area (Å²) < 4.78 is 5.32. The second-order valence-corrected chi connectivity index (χ2v) is 13.8. The summed E-state index contributed by atoms with van der Waals surface area (Å²) in [5, 5.41) is 9.30. The van der Waals surface area contributed by atoms with Gasteiger partial charge in [0.15, 0.2) is 0 Å². The van der Waals surface area contributed by atoms with Gasteiger partial charge in [0.1, 0.15) is 0 Å². The zero-order valence-electron chi connectivity index (χ0n) is 23.0. The maximum Gasteiger partial charge on any atom is 0.318 e. The van der Waals surface area contributed by atoms with E-state index in [1.54, 1.807) is 0 Å². The van der Waals surface area contributed by atoms with Gasteiger partial charge in [-0.1, -0.05) is 45.8 Å². The van der Waals surface area contributed by atoms with Crippen molar-refractivity contribution >= 4 is 17.8 Å². The second kappa shape index (κ2) is 8.64. The summed E-state index contributed by atoms with van der Waals surface area (Å²) in [5.41, 5.74) is 0.570. The number of esters is 2. The minimum Gasteiger partial charge on any atom is -0.395 e. The quantitative estimate of drug-likeness (QED) is 0.354. The Bertz CT molecular complexity index is 1030. The van der Waals surface area contributed by atoms with Gasteiger partial charge in [-0.3, -0.25) is 19.3 Å². The number of hydrogen-bond acceptors (Lipinski definition) is 6. The molecule has 5 fully saturated rings. The van der Waals surface area contributed by atoms with Gasteiger partial charge in [0.2, 0.25) is 5.91 Å². The van der Waals surface area contributed by atoms with E-state index >= 15 is 0 Å². The highest BCUT2D eigenvalue weighted by molar-refractivity contribution is 5.98. The van der Waals surface area contributed by atoms with Gasteiger partial charge in [-0.05, 0) is 61.2 Å². The first-order valence-corrected chi connectivity index (χ1v) is 14.7. The molecule has 7 nitrogen and oxygen atoms in total. The Morgan fingerprint density at radius 2 is 1.81 bits per heavy atom. The van der Waals surface area contributed by atoms with Crippen molar-refractivity contribution in [1.82, 2.24) is 9.80 Å². The predicted molar refractivity (Wildman–Crippen MR) is 138 cm³/mol. The van der Waals surface area contributed by atoms with Crippen LogP contribution in [0.4, 0.5) is 0 Å². The molecule has 3 saturated carbocycles. The Morgan fingerprint density at radius 3 is 2.49 bits per heavy atom. The van der Waals surface area contributed by atoms with Crippen molar-refractivity contribution in [2.75, 3.05) is 39.3 Å². The first-order chi connectivity index (χ1) is 17.6. The van der Waals surface area contributed by atoms with Crippen molar-refractivity contribution in [3.05, 3.63) is 11.6 Å². The molecule has 2 heterocycles. The molecule has 0 aromatic heterocycles. The molecule has 2 bridgehead atoms. The minimum absolute atomic E-state index is 0.0478. The lowest BCUT2D eigenvalue weighted by Crippen LogP contribution is -2.66. The summed E-state index contributed by atoms with van der Waals surface area (Å²) >= 11 is 0. The third-order valence-corrected chi connectivity index (χ3v) is 12.0. The van der Waals surface area contributed by atoms with Gasteiger partial charge in [-0.15, -0.1) is 0 Å². The van der Waals surface area contributed by atoms with E-state index in [2.05, 4.69) is 43.6 Å². The van der Waals surface area contributed by atoms with Crippen LogP contribution < -0.4 is 0 Å². The summed E-state index contributed by atoms with van der Waals surface area (Å²) in [7, 11) is 0. The fourth-order valence-corrected chi connectivity index (χ4v) is 10.4. The molecule has 1 spiro atoms. The fourth-order valence-electron chi connectivity index (χ4n) is 10.4. The topological polar surface area (TPSA) is 87.2 Å². The fraction of sp³-hybridized carbons (Fsp3) is 0.833. The Kier molecular flexibility index (Phi) is 5.96. The zero-order chi connectivity index (χ0) is 26.3. The third kappa shape index (κ3) is 3.41. The van der Waals surface area contributed by atoms with E-state index < -0.39 is 5.41 Å². The zero-order valence-corrected chi connectivity index (χ0v) is 23.0. The van der Waals surface area contributed by atoms with E-state index in [0.717, 1.165) is 64.7 Å². The molecule has 204 valence electrons. The Balaban J connectivity index is 1.33. The van der Waals surface area contributed by atoms with Crippen LogP contribution in [0.1, 0.15) is 66.2 Å². The van der Waals surface area contributed by atoms with Crippen LogP contribution in [0.3, 0.4) is 0 Å². The molecule has 7 aliphatic rings. The lowest BCUT2D eigenvalue weighted by Gasteiger charge is -2.68. The average Bonchev–Trinajstić information content (AvgIpc) is 3.19. The number of rotatable bonds is 4. The third-order valence-electron chi connectivity index (χ3n) is 12.0. The molecule has 1 amide bonds. The van der Waals surface area contributed by atoms with Crippen LogP contribution >= 0.6 is 0 Å². The van der Waals surface area contributed by atoms with Crippen molar-refractivity contribution in [2.45, 2.75) is 66.2 Å². The highest BCUT2D eigenvalue weighted by atomic mass is 16.6. The average molecular weight is 513 g/mol. The number of fused-ring (bicyclic) bond motifs is 1. The van der Waals surface area contributed by atoms with Gasteiger partial charge in [-0.2, -0.15) is 0 Å². The van der Waals surface area contributed by atoms with Crippen LogP contribution in [-0.2, 0) is 19.1 Å². The number of hydrogen-bond donors (Lipinski definition) is 1. The van der Waals surface area contributed by atoms with Crippen LogP contribution in [0.25, 0.3) is 0 Å². The summed E-state index contributed by atoms with van der Waals surface area (Å²) in [5.74, 6) is 0.00673. The number of allylic oxidation sites excluding steroid dienone is 2. The molecule has 8 atom stereocenters. The number of carbonyl (C=O) groups excluding carboxylic acids is 3. The van der Waals surface area contributed by atoms with Crippen molar-refractivity contribution in [3.63, 3.8) is 0 Å². The highest BCUT2D eigenvalue weighted by Gasteiger charge is 2.73. The lowest BCUT2D eigenvalue weighted by molar-refractivity contribution is -0.192. The predicted octanol–water partition coefficient (Wildman–Crippen LogP) is 3.26. The van der Waals surface area contributed by atoms with Crippen molar-refractivity contribution in [1.29, 1.82) is 0 Å². The van der Waals surface area contributed by atoms with Crippen LogP contribution in [0, 0.1) is 51.8 Å². The van der Waals surface area contributed by atoms with Gasteiger partial charge in [0.05, 0.1) is 18.4 Å². The van der Waals surface area contributed by atoms with Crippen LogP contribution in [-0.4, -0.2) is 72.1 Å². The number of aliphatic hydroxyl groups excluding tert-OH is 1. The maximum absolute atomic E-state index is 14.2. The molecule has 2 saturated heterocycles. The Morgan fingerprint density at radius 1 is 1.08 bits per heavy atom. The molecule has 5 aliphatic carbocycles. The van der Waals surface area contributed by atoms with Gasteiger partial charge >= 0.3 is 11.9 Å². The van der Waals surface area contributed by atoms with E-state index in [0.29, 0.717) is 24.3 Å². The molecular formula is C30H44N2O5. The van der Waals surface area contributed by atoms with Crippen molar-refractivity contribution in [3.8, 4) is 0 Å². The monoisotopic (exact) mass is 512 g/mol. The largest absolute Gasteiger partial charge is 0.395 e. The lowest BCUT2D eigenvalue weighted by atomic mass is 9.34. The molecule has 37 heavy (non-hydrogen) atoms. The Hall–Kier alpha value is -1.73. The van der Waals surface area contributed by atoms with Crippen LogP contribution in [0.15, 0.2) is 11.6 Å². The number of piperazine rings is 1. The molecule has 1 N–H and O–H groups in total. The first kappa shape index (κ1) is 25.5. The normalized spacial score (nSPS) is 45.3. The SMILES string of the molecule is CC(C)C1=CC23CCC4C(C)(C(=O)N5CCN(CCO)CC5)CCCC4(C)C2CC1C1C(=O)OC(=O)C13. The van der Waals surface area contributed by atoms with Gasteiger partial charge in [0.25, 0.3) is 0 Å². The van der Waals surface area contributed by atoms with E-state index in [1.165, 1.54) is 5.57 Å². The van der Waals surface area contributed by atoms with E-state index in [-0.39, 0.29) is 53.0 Å². The molecule has 7 rings (SSSR count). The standard InChI is InChI=1S/C30H44N2O5/c1-18(2)20-17-30-9-6-21-28(3,22(30)16-19(20)23-24(30)26(35)37-25(23)34)7-5-8-29(21,4)27(36)32-12-10-31(11-13-32)14-15-33/h17-19,21-24,33H,5-16H2,1-4H3. The number of nitrogens with zero attached hydrogens (tertiary/aromatic N) is 2. The molecule has 0 aromatic carbocycles. The minimum atomic E-state index is -0.402. The molecule has 2 aliphatic heterocycles. The van der Waals surface area contributed by atoms with Gasteiger partial charge < -0.3 is 14.7 Å². The molecule has 0 aromatic rings. The molecular weight excluding hydrogens is 468 g/mol. The smallest absolute Gasteiger partial charge is 0.318 e. The summed E-state index contributed by atoms with van der Waals surface area (Å²) in [6.07, 6.45) is 8.17. The number of ether oxygens (including phenoxy) is 1. The number of β-amino-alcohol motifs (C(OH)–C–C–N with tert-alkyl or cyclic N) is 1. The van der Waals surface area contributed by atoms with Crippen molar-refractivity contribution in [2.24, 2.45) is 51.8 Å². The van der Waals surface area contributed by atoms with Gasteiger partial charge in [0, 0.05) is 43.6 Å². The molecule has 8 unspecified atom stereocenters. The highest BCUT2D eigenvalue weighted by Crippen LogP contribution is 2.74. The summed E-state index contributed by atoms with van der Waals surface area (Å²) in [4.78, 5) is 44.6. The van der Waals surface area contributed by atoms with Crippen LogP contribution in [0.5, 0.6) is 0 Å². The molecule has 7 heteroatoms. The van der Waals surface area contributed by atoms with Crippen LogP contribution in [0.2, 0.25) is 0 Å². The van der Waals surface area contributed by atoms with Crippen molar-refractivity contribution < 1.29 is 24.2 Å². The van der Waals surface area contributed by atoms with Gasteiger partial charge in [-0.25, -0.2) is 0 Å². The first-order valence-electron chi connectivity index (χ1n) is 14.7. The molecule has 0 radical (unpaired) electrons. The number of cyclic esters (lactones) is 2. The van der Waals surface area contributed by atoms with E-state index in [1.807, 2.05) is 0 Å². The van der Waals surface area contributed by atoms with E-state index in [4.69, 9.17) is 4.74 Å².